The fourth-order valence-corrected chi connectivity index (χ4v) is 1.21. The van der Waals surface area contributed by atoms with E-state index in [0.717, 1.165) is 10.0 Å². The third-order valence-electron chi connectivity index (χ3n) is 1.31. The maximum Gasteiger partial charge on any atom is 0.0615 e. The lowest BCUT2D eigenvalue weighted by molar-refractivity contribution is 0.343. The van der Waals surface area contributed by atoms with Crippen LogP contribution in [0.2, 0.25) is 0 Å². The van der Waals surface area contributed by atoms with Gasteiger partial charge in [-0.1, -0.05) is 46.3 Å². The standard InChI is InChI=1S/C9H9BrO/c10-9-6-2-1-4-8(9)5-3-7-11/h1-6,11H,7H2/b5-3-. The molecule has 0 aliphatic rings. The Labute approximate surface area is 74.5 Å². The van der Waals surface area contributed by atoms with Crippen molar-refractivity contribution < 1.29 is 5.11 Å². The first-order valence-corrected chi connectivity index (χ1v) is 4.16. The van der Waals surface area contributed by atoms with E-state index in [1.165, 1.54) is 0 Å². The summed E-state index contributed by atoms with van der Waals surface area (Å²) in [7, 11) is 0. The molecule has 0 aliphatic heterocycles. The van der Waals surface area contributed by atoms with Crippen LogP contribution >= 0.6 is 15.9 Å². The summed E-state index contributed by atoms with van der Waals surface area (Å²) in [5, 5.41) is 8.52. The van der Waals surface area contributed by atoms with Gasteiger partial charge < -0.3 is 5.11 Å². The van der Waals surface area contributed by atoms with Crippen LogP contribution in [0.4, 0.5) is 0 Å². The summed E-state index contributed by atoms with van der Waals surface area (Å²) < 4.78 is 1.05. The molecular weight excluding hydrogens is 204 g/mol. The second-order valence-electron chi connectivity index (χ2n) is 2.11. The van der Waals surface area contributed by atoms with Crippen molar-refractivity contribution in [3.8, 4) is 0 Å². The molecule has 0 spiro atoms. The summed E-state index contributed by atoms with van der Waals surface area (Å²) in [6, 6.07) is 7.87. The van der Waals surface area contributed by atoms with Crippen LogP contribution in [-0.2, 0) is 0 Å². The molecule has 0 atom stereocenters. The molecule has 0 amide bonds. The van der Waals surface area contributed by atoms with Crippen LogP contribution in [-0.4, -0.2) is 11.7 Å². The van der Waals surface area contributed by atoms with Crippen LogP contribution in [0.5, 0.6) is 0 Å². The molecule has 1 aromatic rings. The van der Waals surface area contributed by atoms with Crippen LogP contribution < -0.4 is 0 Å². The zero-order valence-electron chi connectivity index (χ0n) is 6.00. The summed E-state index contributed by atoms with van der Waals surface area (Å²) in [5.41, 5.74) is 1.08. The minimum Gasteiger partial charge on any atom is -0.392 e. The van der Waals surface area contributed by atoms with Gasteiger partial charge in [0.05, 0.1) is 6.61 Å². The maximum atomic E-state index is 8.52. The average molecular weight is 213 g/mol. The molecule has 0 fully saturated rings. The fourth-order valence-electron chi connectivity index (χ4n) is 0.790. The van der Waals surface area contributed by atoms with E-state index in [2.05, 4.69) is 15.9 Å². The Morgan fingerprint density at radius 1 is 1.36 bits per heavy atom. The van der Waals surface area contributed by atoms with Crippen LogP contribution in [0, 0.1) is 0 Å². The molecule has 0 saturated carbocycles. The normalized spacial score (nSPS) is 10.7. The second-order valence-corrected chi connectivity index (χ2v) is 2.96. The van der Waals surface area contributed by atoms with Crippen molar-refractivity contribution in [3.63, 3.8) is 0 Å². The molecule has 0 aliphatic carbocycles. The van der Waals surface area contributed by atoms with Crippen molar-refractivity contribution in [1.29, 1.82) is 0 Å². The van der Waals surface area contributed by atoms with Gasteiger partial charge in [0, 0.05) is 4.47 Å². The Hall–Kier alpha value is -0.600. The highest BCUT2D eigenvalue weighted by molar-refractivity contribution is 9.10. The third kappa shape index (κ3) is 2.48. The third-order valence-corrected chi connectivity index (χ3v) is 2.03. The van der Waals surface area contributed by atoms with E-state index in [1.807, 2.05) is 30.3 Å². The lowest BCUT2D eigenvalue weighted by Gasteiger charge is -1.95. The summed E-state index contributed by atoms with van der Waals surface area (Å²) in [6.07, 6.45) is 3.59. The lowest BCUT2D eigenvalue weighted by Crippen LogP contribution is -1.75. The molecule has 0 heterocycles. The van der Waals surface area contributed by atoms with Crippen LogP contribution in [0.1, 0.15) is 5.56 Å². The number of rotatable bonds is 2. The zero-order chi connectivity index (χ0) is 8.10. The van der Waals surface area contributed by atoms with Gasteiger partial charge in [-0.2, -0.15) is 0 Å². The Morgan fingerprint density at radius 2 is 2.09 bits per heavy atom. The van der Waals surface area contributed by atoms with E-state index in [1.54, 1.807) is 6.08 Å². The van der Waals surface area contributed by atoms with Gasteiger partial charge in [-0.25, -0.2) is 0 Å². The molecule has 0 aromatic heterocycles. The van der Waals surface area contributed by atoms with E-state index < -0.39 is 0 Å². The van der Waals surface area contributed by atoms with Crippen molar-refractivity contribution in [2.75, 3.05) is 6.61 Å². The Balaban J connectivity index is 2.86. The molecule has 1 nitrogen and oxygen atoms in total. The van der Waals surface area contributed by atoms with Crippen LogP contribution in [0.3, 0.4) is 0 Å². The maximum absolute atomic E-state index is 8.52. The fraction of sp³-hybridized carbons (Fsp3) is 0.111. The molecule has 0 unspecified atom stereocenters. The largest absolute Gasteiger partial charge is 0.392 e. The highest BCUT2D eigenvalue weighted by Gasteiger charge is 1.90. The van der Waals surface area contributed by atoms with Crippen molar-refractivity contribution >= 4 is 22.0 Å². The molecule has 0 bridgehead atoms. The molecule has 1 aromatic carbocycles. The summed E-state index contributed by atoms with van der Waals surface area (Å²) in [5.74, 6) is 0. The Morgan fingerprint density at radius 3 is 2.73 bits per heavy atom. The Bertz CT molecular complexity index is 255. The van der Waals surface area contributed by atoms with Gasteiger partial charge in [-0.3, -0.25) is 0 Å². The average Bonchev–Trinajstić information content (AvgIpc) is 2.03. The van der Waals surface area contributed by atoms with Crippen molar-refractivity contribution in [2.24, 2.45) is 0 Å². The van der Waals surface area contributed by atoms with Gasteiger partial charge in [0.2, 0.25) is 0 Å². The number of halogens is 1. The highest BCUT2D eigenvalue weighted by Crippen LogP contribution is 2.16. The topological polar surface area (TPSA) is 20.2 Å². The monoisotopic (exact) mass is 212 g/mol. The van der Waals surface area contributed by atoms with Gasteiger partial charge in [-0.15, -0.1) is 0 Å². The van der Waals surface area contributed by atoms with Gasteiger partial charge in [0.1, 0.15) is 0 Å². The molecule has 0 saturated heterocycles. The first-order valence-electron chi connectivity index (χ1n) is 3.36. The molecule has 2 heteroatoms. The first-order chi connectivity index (χ1) is 5.34. The lowest BCUT2D eigenvalue weighted by atomic mass is 10.2. The summed E-state index contributed by atoms with van der Waals surface area (Å²) in [4.78, 5) is 0. The van der Waals surface area contributed by atoms with E-state index in [-0.39, 0.29) is 6.61 Å². The molecular formula is C9H9BrO. The van der Waals surface area contributed by atoms with Gasteiger partial charge in [0.15, 0.2) is 0 Å². The predicted molar refractivity (Wildman–Crippen MR) is 50.3 cm³/mol. The van der Waals surface area contributed by atoms with Crippen molar-refractivity contribution in [1.82, 2.24) is 0 Å². The molecule has 0 radical (unpaired) electrons. The van der Waals surface area contributed by atoms with E-state index in [0.29, 0.717) is 0 Å². The van der Waals surface area contributed by atoms with Crippen molar-refractivity contribution in [3.05, 3.63) is 40.4 Å². The minimum atomic E-state index is 0.0847. The molecule has 1 rings (SSSR count). The van der Waals surface area contributed by atoms with E-state index in [9.17, 15) is 0 Å². The molecule has 1 N–H and O–H groups in total. The summed E-state index contributed by atoms with van der Waals surface area (Å²) >= 11 is 3.39. The smallest absolute Gasteiger partial charge is 0.0615 e. The second kappa shape index (κ2) is 4.31. The highest BCUT2D eigenvalue weighted by atomic mass is 79.9. The van der Waals surface area contributed by atoms with E-state index in [4.69, 9.17) is 5.11 Å². The zero-order valence-corrected chi connectivity index (χ0v) is 7.58. The van der Waals surface area contributed by atoms with Gasteiger partial charge in [0.25, 0.3) is 0 Å². The Kier molecular flexibility index (Phi) is 3.33. The quantitative estimate of drug-likeness (QED) is 0.799. The first kappa shape index (κ1) is 8.50. The van der Waals surface area contributed by atoms with Gasteiger partial charge >= 0.3 is 0 Å². The van der Waals surface area contributed by atoms with Crippen molar-refractivity contribution in [2.45, 2.75) is 0 Å². The number of hydrogen-bond donors (Lipinski definition) is 1. The summed E-state index contributed by atoms with van der Waals surface area (Å²) in [6.45, 7) is 0.0847. The minimum absolute atomic E-state index is 0.0847. The number of benzene rings is 1. The molecule has 11 heavy (non-hydrogen) atoms. The predicted octanol–water partition coefficient (Wildman–Crippen LogP) is 2.45. The SMILES string of the molecule is OC/C=C\c1ccccc1Br. The van der Waals surface area contributed by atoms with Crippen LogP contribution in [0.25, 0.3) is 6.08 Å². The van der Waals surface area contributed by atoms with Crippen LogP contribution in [0.15, 0.2) is 34.8 Å². The van der Waals surface area contributed by atoms with Gasteiger partial charge in [-0.05, 0) is 11.6 Å². The number of aliphatic hydroxyl groups excluding tert-OH is 1. The number of aliphatic hydroxyl groups is 1. The van der Waals surface area contributed by atoms with E-state index >= 15 is 0 Å². The number of hydrogen-bond acceptors (Lipinski definition) is 1. The molecule has 58 valence electrons.